The Labute approximate surface area is 141 Å². The van der Waals surface area contributed by atoms with E-state index in [1.165, 1.54) is 26.3 Å². The number of anilines is 1. The lowest BCUT2D eigenvalue weighted by atomic mass is 9.94. The van der Waals surface area contributed by atoms with Gasteiger partial charge in [-0.2, -0.15) is 0 Å². The Balaban J connectivity index is 2.06. The zero-order chi connectivity index (χ0) is 17.5. The second-order valence-electron chi connectivity index (χ2n) is 6.53. The number of non-ortho nitro benzene ring substituents is 1. The third kappa shape index (κ3) is 2.99. The standard InChI is InChI=1S/C15H21N3O5S/c1-16(23-2)24(21,22)14-10-12(18(19)20)4-5-13(14)17-9-3-6-15(11-17)7-8-15/h4-5,10H,3,6-9,11H2,1-2H3. The van der Waals surface area contributed by atoms with Crippen molar-refractivity contribution in [2.45, 2.75) is 30.6 Å². The topological polar surface area (TPSA) is 93.0 Å². The summed E-state index contributed by atoms with van der Waals surface area (Å²) in [6, 6.07) is 4.01. The first kappa shape index (κ1) is 17.1. The van der Waals surface area contributed by atoms with Crippen LogP contribution in [0.2, 0.25) is 0 Å². The maximum absolute atomic E-state index is 12.7. The summed E-state index contributed by atoms with van der Waals surface area (Å²) < 4.78 is 26.2. The number of nitro groups is 1. The molecule has 0 bridgehead atoms. The zero-order valence-corrected chi connectivity index (χ0v) is 14.6. The summed E-state index contributed by atoms with van der Waals surface area (Å²) in [4.78, 5) is 17.3. The second kappa shape index (κ2) is 5.98. The molecule has 2 fully saturated rings. The average molecular weight is 355 g/mol. The van der Waals surface area contributed by atoms with E-state index in [2.05, 4.69) is 0 Å². The summed E-state index contributed by atoms with van der Waals surface area (Å²) in [7, 11) is -1.46. The summed E-state index contributed by atoms with van der Waals surface area (Å²) >= 11 is 0. The average Bonchev–Trinajstić information content (AvgIpc) is 3.31. The smallest absolute Gasteiger partial charge is 0.270 e. The van der Waals surface area contributed by atoms with E-state index in [9.17, 15) is 18.5 Å². The van der Waals surface area contributed by atoms with E-state index in [1.54, 1.807) is 0 Å². The van der Waals surface area contributed by atoms with Crippen LogP contribution >= 0.6 is 0 Å². The lowest BCUT2D eigenvalue weighted by molar-refractivity contribution is -0.385. The highest BCUT2D eigenvalue weighted by Crippen LogP contribution is 2.53. The van der Waals surface area contributed by atoms with Gasteiger partial charge in [-0.25, -0.2) is 8.42 Å². The van der Waals surface area contributed by atoms with Gasteiger partial charge in [0.2, 0.25) is 0 Å². The van der Waals surface area contributed by atoms with Crippen molar-refractivity contribution in [1.29, 1.82) is 0 Å². The number of nitro benzene ring substituents is 1. The highest BCUT2D eigenvalue weighted by molar-refractivity contribution is 7.89. The molecule has 0 atom stereocenters. The van der Waals surface area contributed by atoms with Crippen LogP contribution in [0, 0.1) is 15.5 Å². The molecule has 0 aromatic heterocycles. The van der Waals surface area contributed by atoms with Crippen molar-refractivity contribution < 1.29 is 18.2 Å². The van der Waals surface area contributed by atoms with Crippen LogP contribution in [0.3, 0.4) is 0 Å². The first-order chi connectivity index (χ1) is 11.3. The van der Waals surface area contributed by atoms with Crippen molar-refractivity contribution in [3.8, 4) is 0 Å². The Morgan fingerprint density at radius 3 is 2.62 bits per heavy atom. The van der Waals surface area contributed by atoms with Crippen LogP contribution in [0.4, 0.5) is 11.4 Å². The molecule has 8 nitrogen and oxygen atoms in total. The second-order valence-corrected chi connectivity index (χ2v) is 8.44. The first-order valence-electron chi connectivity index (χ1n) is 7.86. The van der Waals surface area contributed by atoms with Crippen LogP contribution in [-0.2, 0) is 14.9 Å². The predicted molar refractivity (Wildman–Crippen MR) is 88.2 cm³/mol. The third-order valence-electron chi connectivity index (χ3n) is 4.99. The molecule has 0 radical (unpaired) electrons. The van der Waals surface area contributed by atoms with Gasteiger partial charge in [-0.3, -0.25) is 15.0 Å². The van der Waals surface area contributed by atoms with Crippen LogP contribution in [-0.4, -0.2) is 45.1 Å². The molecular formula is C15H21N3O5S. The molecular weight excluding hydrogens is 334 g/mol. The van der Waals surface area contributed by atoms with Gasteiger partial charge in [0.1, 0.15) is 4.90 Å². The van der Waals surface area contributed by atoms with Crippen LogP contribution in [0.15, 0.2) is 23.1 Å². The van der Waals surface area contributed by atoms with Crippen LogP contribution in [0.1, 0.15) is 25.7 Å². The van der Waals surface area contributed by atoms with E-state index in [0.717, 1.165) is 49.3 Å². The van der Waals surface area contributed by atoms with Crippen molar-refractivity contribution in [2.24, 2.45) is 5.41 Å². The number of benzene rings is 1. The molecule has 1 aliphatic carbocycles. The van der Waals surface area contributed by atoms with Gasteiger partial charge in [0.15, 0.2) is 0 Å². The lowest BCUT2D eigenvalue weighted by Crippen LogP contribution is -2.38. The normalized spacial score (nSPS) is 19.7. The number of rotatable bonds is 5. The molecule has 0 amide bonds. The first-order valence-corrected chi connectivity index (χ1v) is 9.30. The van der Waals surface area contributed by atoms with Crippen molar-refractivity contribution in [3.05, 3.63) is 28.3 Å². The van der Waals surface area contributed by atoms with Gasteiger partial charge in [0.25, 0.3) is 15.7 Å². The molecule has 1 saturated carbocycles. The molecule has 1 saturated heterocycles. The van der Waals surface area contributed by atoms with Gasteiger partial charge in [-0.1, -0.05) is 4.47 Å². The molecule has 2 aliphatic rings. The molecule has 1 spiro atoms. The Morgan fingerprint density at radius 1 is 1.33 bits per heavy atom. The van der Waals surface area contributed by atoms with E-state index in [0.29, 0.717) is 11.1 Å². The van der Waals surface area contributed by atoms with Gasteiger partial charge in [-0.15, -0.1) is 0 Å². The lowest BCUT2D eigenvalue weighted by Gasteiger charge is -2.35. The molecule has 1 heterocycles. The van der Waals surface area contributed by atoms with Crippen molar-refractivity contribution in [2.75, 3.05) is 32.1 Å². The summed E-state index contributed by atoms with van der Waals surface area (Å²) in [5.41, 5.74) is 0.559. The number of hydroxylamine groups is 1. The van der Waals surface area contributed by atoms with E-state index >= 15 is 0 Å². The number of hydrogen-bond acceptors (Lipinski definition) is 6. The third-order valence-corrected chi connectivity index (χ3v) is 6.70. The Morgan fingerprint density at radius 2 is 2.04 bits per heavy atom. The minimum atomic E-state index is -3.98. The van der Waals surface area contributed by atoms with Gasteiger partial charge >= 0.3 is 0 Å². The van der Waals surface area contributed by atoms with Crippen LogP contribution < -0.4 is 4.90 Å². The Hall–Kier alpha value is -1.71. The van der Waals surface area contributed by atoms with Gasteiger partial charge in [-0.05, 0) is 37.2 Å². The molecule has 1 aromatic carbocycles. The van der Waals surface area contributed by atoms with E-state index in [1.807, 2.05) is 4.90 Å². The SMILES string of the molecule is CON(C)S(=O)(=O)c1cc([N+](=O)[O-])ccc1N1CCCC2(CC2)C1. The highest BCUT2D eigenvalue weighted by atomic mass is 32.2. The maximum atomic E-state index is 12.7. The number of nitrogens with zero attached hydrogens (tertiary/aromatic N) is 3. The van der Waals surface area contributed by atoms with Crippen molar-refractivity contribution in [3.63, 3.8) is 0 Å². The van der Waals surface area contributed by atoms with E-state index in [4.69, 9.17) is 4.84 Å². The molecule has 1 aliphatic heterocycles. The summed E-state index contributed by atoms with van der Waals surface area (Å²) in [5, 5.41) is 11.1. The van der Waals surface area contributed by atoms with E-state index < -0.39 is 14.9 Å². The minimum Gasteiger partial charge on any atom is -0.370 e. The summed E-state index contributed by atoms with van der Waals surface area (Å²) in [6.45, 7) is 1.54. The largest absolute Gasteiger partial charge is 0.370 e. The Bertz CT molecular complexity index is 760. The molecule has 0 N–H and O–H groups in total. The number of sulfonamides is 1. The van der Waals surface area contributed by atoms with E-state index in [-0.39, 0.29) is 10.6 Å². The molecule has 24 heavy (non-hydrogen) atoms. The zero-order valence-electron chi connectivity index (χ0n) is 13.8. The maximum Gasteiger partial charge on any atom is 0.270 e. The van der Waals surface area contributed by atoms with Gasteiger partial charge in [0.05, 0.1) is 17.7 Å². The molecule has 9 heteroatoms. The predicted octanol–water partition coefficient (Wildman–Crippen LogP) is 2.16. The molecule has 1 aromatic rings. The van der Waals surface area contributed by atoms with Gasteiger partial charge < -0.3 is 4.90 Å². The Kier molecular flexibility index (Phi) is 4.27. The fourth-order valence-electron chi connectivity index (χ4n) is 3.32. The quantitative estimate of drug-likeness (QED) is 0.593. The van der Waals surface area contributed by atoms with Gasteiger partial charge in [0, 0.05) is 32.3 Å². The van der Waals surface area contributed by atoms with Crippen LogP contribution in [0.25, 0.3) is 0 Å². The molecule has 132 valence electrons. The number of hydrogen-bond donors (Lipinski definition) is 0. The molecule has 3 rings (SSSR count). The van der Waals surface area contributed by atoms with Crippen molar-refractivity contribution in [1.82, 2.24) is 4.47 Å². The summed E-state index contributed by atoms with van der Waals surface area (Å²) in [5.74, 6) is 0. The van der Waals surface area contributed by atoms with Crippen LogP contribution in [0.5, 0.6) is 0 Å². The monoisotopic (exact) mass is 355 g/mol. The number of piperidine rings is 1. The minimum absolute atomic E-state index is 0.0845. The van der Waals surface area contributed by atoms with Crippen molar-refractivity contribution >= 4 is 21.4 Å². The fourth-order valence-corrected chi connectivity index (χ4v) is 4.52. The summed E-state index contributed by atoms with van der Waals surface area (Å²) in [6.07, 6.45) is 4.49. The molecule has 0 unspecified atom stereocenters. The highest BCUT2D eigenvalue weighted by Gasteiger charge is 2.46. The fraction of sp³-hybridized carbons (Fsp3) is 0.600.